The molecule has 3 aliphatic rings. The summed E-state index contributed by atoms with van der Waals surface area (Å²) in [4.78, 5) is 26.9. The summed E-state index contributed by atoms with van der Waals surface area (Å²) in [6, 6.07) is 17.3. The Hall–Kier alpha value is -3.05. The number of para-hydroxylation sites is 2. The van der Waals surface area contributed by atoms with Gasteiger partial charge in [-0.25, -0.2) is 9.97 Å². The molecule has 5 heteroatoms. The number of nitrogens with zero attached hydrogens (tertiary/aromatic N) is 4. The van der Waals surface area contributed by atoms with E-state index in [1.807, 2.05) is 23.2 Å². The number of carbonyl (C=O) groups is 1. The molecule has 3 aromatic rings. The third-order valence-electron chi connectivity index (χ3n) is 6.95. The van der Waals surface area contributed by atoms with Crippen LogP contribution in [0.5, 0.6) is 0 Å². The van der Waals surface area contributed by atoms with Crippen molar-refractivity contribution in [3.63, 3.8) is 0 Å². The summed E-state index contributed by atoms with van der Waals surface area (Å²) < 4.78 is 0. The predicted molar refractivity (Wildman–Crippen MR) is 116 cm³/mol. The van der Waals surface area contributed by atoms with Crippen molar-refractivity contribution in [2.75, 3.05) is 11.4 Å². The summed E-state index contributed by atoms with van der Waals surface area (Å²) in [7, 11) is 0. The lowest BCUT2D eigenvalue weighted by Gasteiger charge is -2.36. The zero-order valence-electron chi connectivity index (χ0n) is 16.9. The van der Waals surface area contributed by atoms with Crippen LogP contribution in [-0.4, -0.2) is 33.4 Å². The molecule has 1 saturated heterocycles. The van der Waals surface area contributed by atoms with E-state index in [0.29, 0.717) is 12.6 Å². The standard InChI is InChI=1S/C25H24N4O/c30-25(15-28-19-11-12-24(28)20-14-26-16-27-21(20)13-19)29-22-7-3-1-5-17(22)9-10-18-6-2-4-8-23(18)29/h1-8,14,16,19,24H,9-13,15H2. The van der Waals surface area contributed by atoms with Crippen molar-refractivity contribution in [3.8, 4) is 0 Å². The lowest BCUT2D eigenvalue weighted by Crippen LogP contribution is -2.45. The second-order valence-corrected chi connectivity index (χ2v) is 8.53. The van der Waals surface area contributed by atoms with Crippen molar-refractivity contribution in [2.45, 2.75) is 44.2 Å². The number of aryl methyl sites for hydroxylation is 2. The molecule has 1 fully saturated rings. The molecule has 1 aromatic heterocycles. The minimum absolute atomic E-state index is 0.147. The fourth-order valence-electron chi connectivity index (χ4n) is 5.54. The molecule has 0 N–H and O–H groups in total. The highest BCUT2D eigenvalue weighted by Crippen LogP contribution is 2.43. The number of fused-ring (bicyclic) bond motifs is 6. The van der Waals surface area contributed by atoms with Crippen LogP contribution in [0.3, 0.4) is 0 Å². The molecule has 0 radical (unpaired) electrons. The summed E-state index contributed by atoms with van der Waals surface area (Å²) in [5.41, 5.74) is 6.90. The third kappa shape index (κ3) is 2.76. The zero-order valence-corrected chi connectivity index (χ0v) is 16.9. The van der Waals surface area contributed by atoms with E-state index in [1.54, 1.807) is 6.33 Å². The van der Waals surface area contributed by atoms with E-state index in [2.05, 4.69) is 51.3 Å². The van der Waals surface area contributed by atoms with E-state index in [9.17, 15) is 4.79 Å². The lowest BCUT2D eigenvalue weighted by atomic mass is 9.99. The number of amides is 1. The van der Waals surface area contributed by atoms with Crippen LogP contribution in [0.1, 0.15) is 41.3 Å². The summed E-state index contributed by atoms with van der Waals surface area (Å²) in [6.45, 7) is 0.423. The van der Waals surface area contributed by atoms with Gasteiger partial charge >= 0.3 is 0 Å². The van der Waals surface area contributed by atoms with Gasteiger partial charge in [0, 0.05) is 30.3 Å². The quantitative estimate of drug-likeness (QED) is 0.657. The van der Waals surface area contributed by atoms with Crippen molar-refractivity contribution < 1.29 is 4.79 Å². The average Bonchev–Trinajstić information content (AvgIpc) is 2.97. The van der Waals surface area contributed by atoms with Crippen molar-refractivity contribution >= 4 is 17.3 Å². The third-order valence-corrected chi connectivity index (χ3v) is 6.95. The normalized spacial score (nSPS) is 22.1. The Bertz CT molecular complexity index is 1080. The molecular weight excluding hydrogens is 372 g/mol. The minimum Gasteiger partial charge on any atom is -0.284 e. The van der Waals surface area contributed by atoms with Crippen LogP contribution in [0, 0.1) is 0 Å². The Morgan fingerprint density at radius 1 is 0.967 bits per heavy atom. The summed E-state index contributed by atoms with van der Waals surface area (Å²) in [6.07, 6.45) is 8.60. The molecule has 2 unspecified atom stereocenters. The first kappa shape index (κ1) is 17.8. The van der Waals surface area contributed by atoms with Crippen LogP contribution in [0.4, 0.5) is 11.4 Å². The highest BCUT2D eigenvalue weighted by molar-refractivity contribution is 6.03. The van der Waals surface area contributed by atoms with E-state index in [1.165, 1.54) is 16.7 Å². The van der Waals surface area contributed by atoms with Crippen molar-refractivity contribution in [1.82, 2.24) is 14.9 Å². The van der Waals surface area contributed by atoms with Gasteiger partial charge in [0.05, 0.1) is 23.6 Å². The Kier molecular flexibility index (Phi) is 4.16. The van der Waals surface area contributed by atoms with Gasteiger partial charge in [0.15, 0.2) is 0 Å². The summed E-state index contributed by atoms with van der Waals surface area (Å²) in [5.74, 6) is 0.147. The second kappa shape index (κ2) is 7.03. The van der Waals surface area contributed by atoms with Gasteiger partial charge in [0.1, 0.15) is 6.33 Å². The first-order chi connectivity index (χ1) is 14.8. The fraction of sp³-hybridized carbons (Fsp3) is 0.320. The zero-order chi connectivity index (χ0) is 20.1. The van der Waals surface area contributed by atoms with Gasteiger partial charge < -0.3 is 0 Å². The number of aromatic nitrogens is 2. The molecule has 1 amide bonds. The van der Waals surface area contributed by atoms with Gasteiger partial charge in [-0.1, -0.05) is 36.4 Å². The molecule has 0 saturated carbocycles. The molecule has 30 heavy (non-hydrogen) atoms. The molecule has 2 aromatic carbocycles. The predicted octanol–water partition coefficient (Wildman–Crippen LogP) is 4.00. The van der Waals surface area contributed by atoms with Crippen LogP contribution in [0.25, 0.3) is 0 Å². The maximum absolute atomic E-state index is 13.8. The maximum atomic E-state index is 13.8. The molecule has 5 nitrogen and oxygen atoms in total. The van der Waals surface area contributed by atoms with E-state index in [-0.39, 0.29) is 11.9 Å². The largest absolute Gasteiger partial charge is 0.284 e. The molecule has 4 heterocycles. The molecule has 150 valence electrons. The van der Waals surface area contributed by atoms with Crippen molar-refractivity contribution in [2.24, 2.45) is 0 Å². The minimum atomic E-state index is 0.147. The van der Waals surface area contributed by atoms with E-state index in [0.717, 1.165) is 49.2 Å². The Balaban J connectivity index is 1.37. The van der Waals surface area contributed by atoms with Gasteiger partial charge in [-0.05, 0) is 48.9 Å². The Morgan fingerprint density at radius 3 is 2.40 bits per heavy atom. The molecule has 6 rings (SSSR count). The van der Waals surface area contributed by atoms with Crippen molar-refractivity contribution in [1.29, 1.82) is 0 Å². The van der Waals surface area contributed by atoms with E-state index < -0.39 is 0 Å². The first-order valence-corrected chi connectivity index (χ1v) is 10.8. The van der Waals surface area contributed by atoms with Crippen LogP contribution < -0.4 is 4.90 Å². The second-order valence-electron chi connectivity index (χ2n) is 8.53. The fourth-order valence-corrected chi connectivity index (χ4v) is 5.54. The van der Waals surface area contributed by atoms with Gasteiger partial charge in [-0.3, -0.25) is 14.6 Å². The Labute approximate surface area is 176 Å². The highest BCUT2D eigenvalue weighted by Gasteiger charge is 2.42. The summed E-state index contributed by atoms with van der Waals surface area (Å²) in [5, 5.41) is 0. The molecule has 3 aliphatic heterocycles. The van der Waals surface area contributed by atoms with Gasteiger partial charge in [-0.15, -0.1) is 0 Å². The highest BCUT2D eigenvalue weighted by atomic mass is 16.2. The van der Waals surface area contributed by atoms with Crippen molar-refractivity contribution in [3.05, 3.63) is 83.4 Å². The molecule has 2 atom stereocenters. The Morgan fingerprint density at radius 2 is 1.67 bits per heavy atom. The number of rotatable bonds is 2. The number of carbonyl (C=O) groups excluding carboxylic acids is 1. The van der Waals surface area contributed by atoms with Crippen LogP contribution in [0.15, 0.2) is 61.1 Å². The average molecular weight is 396 g/mol. The van der Waals surface area contributed by atoms with Crippen LogP contribution in [-0.2, 0) is 24.1 Å². The molecule has 2 bridgehead atoms. The number of benzene rings is 2. The maximum Gasteiger partial charge on any atom is 0.245 e. The SMILES string of the molecule is O=C(CN1C2CCC1c1cncnc1C2)N1c2ccccc2CCc2ccccc21. The number of hydrogen-bond acceptors (Lipinski definition) is 4. The van der Waals surface area contributed by atoms with Gasteiger partial charge in [0.25, 0.3) is 0 Å². The van der Waals surface area contributed by atoms with Gasteiger partial charge in [0.2, 0.25) is 5.91 Å². The molecule has 0 aliphatic carbocycles. The smallest absolute Gasteiger partial charge is 0.245 e. The molecular formula is C25H24N4O. The first-order valence-electron chi connectivity index (χ1n) is 10.8. The monoisotopic (exact) mass is 396 g/mol. The number of anilines is 2. The number of hydrogen-bond donors (Lipinski definition) is 0. The van der Waals surface area contributed by atoms with E-state index >= 15 is 0 Å². The molecule has 0 spiro atoms. The van der Waals surface area contributed by atoms with Crippen LogP contribution >= 0.6 is 0 Å². The summed E-state index contributed by atoms with van der Waals surface area (Å²) >= 11 is 0. The van der Waals surface area contributed by atoms with Crippen LogP contribution in [0.2, 0.25) is 0 Å². The van der Waals surface area contributed by atoms with Gasteiger partial charge in [-0.2, -0.15) is 0 Å². The topological polar surface area (TPSA) is 49.3 Å². The van der Waals surface area contributed by atoms with E-state index in [4.69, 9.17) is 0 Å². The lowest BCUT2D eigenvalue weighted by molar-refractivity contribution is -0.119.